The predicted octanol–water partition coefficient (Wildman–Crippen LogP) is 8.88. The third-order valence-corrected chi connectivity index (χ3v) is 6.39. The number of carbonyl (C=O) groups excluding carboxylic acids is 2. The molecule has 1 unspecified atom stereocenters. The SMILES string of the molecule is CCOC(=O)CCCCCCCCCCCCCCCCCCC(=O)OC(C)c1ccccc1. The molecule has 0 saturated carbocycles. The molecule has 0 radical (unpaired) electrons. The molecule has 0 heterocycles. The van der Waals surface area contributed by atoms with Crippen LogP contribution < -0.4 is 0 Å². The minimum absolute atomic E-state index is 0.0473. The van der Waals surface area contributed by atoms with Gasteiger partial charge in [0.1, 0.15) is 6.10 Å². The molecule has 0 aliphatic carbocycles. The highest BCUT2D eigenvalue weighted by Gasteiger charge is 2.10. The summed E-state index contributed by atoms with van der Waals surface area (Å²) in [5.41, 5.74) is 1.05. The van der Waals surface area contributed by atoms with Gasteiger partial charge in [0.25, 0.3) is 0 Å². The van der Waals surface area contributed by atoms with E-state index in [4.69, 9.17) is 9.47 Å². The first-order valence-corrected chi connectivity index (χ1v) is 14.0. The fourth-order valence-corrected chi connectivity index (χ4v) is 4.29. The van der Waals surface area contributed by atoms with Crippen LogP contribution in [0.5, 0.6) is 0 Å². The summed E-state index contributed by atoms with van der Waals surface area (Å²) in [5.74, 6) is -0.126. The normalized spacial score (nSPS) is 11.8. The van der Waals surface area contributed by atoms with Crippen LogP contribution in [-0.2, 0) is 19.1 Å². The Bertz CT molecular complexity index is 613. The molecule has 4 heteroatoms. The Labute approximate surface area is 209 Å². The lowest BCUT2D eigenvalue weighted by Gasteiger charge is -2.13. The molecule has 0 aliphatic rings. The van der Waals surface area contributed by atoms with Gasteiger partial charge in [0.2, 0.25) is 0 Å². The smallest absolute Gasteiger partial charge is 0.306 e. The standard InChI is InChI=1S/C30H50O4/c1-3-33-29(31)25-21-16-14-12-10-8-6-4-5-7-9-11-13-15-17-22-26-30(32)34-27(2)28-23-19-18-20-24-28/h18-20,23-24,27H,3-17,21-22,25-26H2,1-2H3. The third-order valence-electron chi connectivity index (χ3n) is 6.39. The second-order valence-corrected chi connectivity index (χ2v) is 9.50. The van der Waals surface area contributed by atoms with Gasteiger partial charge in [-0.1, -0.05) is 120 Å². The summed E-state index contributed by atoms with van der Waals surface area (Å²) in [6.07, 6.45) is 21.0. The number of hydrogen-bond donors (Lipinski definition) is 0. The Kier molecular flexibility index (Phi) is 19.2. The molecule has 1 aromatic carbocycles. The van der Waals surface area contributed by atoms with Crippen LogP contribution in [0.3, 0.4) is 0 Å². The Morgan fingerprint density at radius 1 is 0.618 bits per heavy atom. The summed E-state index contributed by atoms with van der Waals surface area (Å²) in [6.45, 7) is 4.29. The van der Waals surface area contributed by atoms with E-state index in [9.17, 15) is 9.59 Å². The second-order valence-electron chi connectivity index (χ2n) is 9.50. The van der Waals surface area contributed by atoms with Crippen molar-refractivity contribution < 1.29 is 19.1 Å². The van der Waals surface area contributed by atoms with Crippen LogP contribution in [-0.4, -0.2) is 18.5 Å². The molecule has 1 atom stereocenters. The highest BCUT2D eigenvalue weighted by molar-refractivity contribution is 5.69. The number of esters is 2. The quantitative estimate of drug-likeness (QED) is 0.124. The number of ether oxygens (including phenoxy) is 2. The van der Waals surface area contributed by atoms with Gasteiger partial charge in [-0.05, 0) is 32.3 Å². The van der Waals surface area contributed by atoms with Crippen LogP contribution in [0.1, 0.15) is 141 Å². The van der Waals surface area contributed by atoms with Gasteiger partial charge in [0.05, 0.1) is 6.61 Å². The maximum atomic E-state index is 12.0. The Morgan fingerprint density at radius 2 is 1.00 bits per heavy atom. The van der Waals surface area contributed by atoms with E-state index >= 15 is 0 Å². The van der Waals surface area contributed by atoms with Crippen molar-refractivity contribution in [2.24, 2.45) is 0 Å². The second kappa shape index (κ2) is 21.7. The van der Waals surface area contributed by atoms with E-state index in [0.29, 0.717) is 19.4 Å². The number of rotatable bonds is 22. The summed E-state index contributed by atoms with van der Waals surface area (Å²) in [5, 5.41) is 0. The summed E-state index contributed by atoms with van der Waals surface area (Å²) in [6, 6.07) is 9.92. The van der Waals surface area contributed by atoms with E-state index < -0.39 is 0 Å². The van der Waals surface area contributed by atoms with E-state index in [-0.39, 0.29) is 18.0 Å². The average Bonchev–Trinajstić information content (AvgIpc) is 2.84. The lowest BCUT2D eigenvalue weighted by atomic mass is 10.0. The van der Waals surface area contributed by atoms with Crippen molar-refractivity contribution in [3.63, 3.8) is 0 Å². The zero-order valence-corrected chi connectivity index (χ0v) is 22.0. The Hall–Kier alpha value is -1.84. The molecule has 0 fully saturated rings. The van der Waals surface area contributed by atoms with E-state index in [0.717, 1.165) is 31.2 Å². The molecule has 0 N–H and O–H groups in total. The monoisotopic (exact) mass is 474 g/mol. The first-order chi connectivity index (χ1) is 16.6. The number of carbonyl (C=O) groups is 2. The lowest BCUT2D eigenvalue weighted by molar-refractivity contribution is -0.148. The molecule has 34 heavy (non-hydrogen) atoms. The fraction of sp³-hybridized carbons (Fsp3) is 0.733. The minimum atomic E-state index is -0.164. The molecule has 0 amide bonds. The van der Waals surface area contributed by atoms with Gasteiger partial charge in [-0.2, -0.15) is 0 Å². The molecule has 0 bridgehead atoms. The molecule has 194 valence electrons. The maximum absolute atomic E-state index is 12.0. The molecular weight excluding hydrogens is 424 g/mol. The van der Waals surface area contributed by atoms with E-state index in [1.54, 1.807) is 0 Å². The zero-order valence-electron chi connectivity index (χ0n) is 22.0. The van der Waals surface area contributed by atoms with E-state index in [1.165, 1.54) is 77.0 Å². The molecule has 0 aliphatic heterocycles. The van der Waals surface area contributed by atoms with Gasteiger partial charge in [0.15, 0.2) is 0 Å². The Morgan fingerprint density at radius 3 is 1.41 bits per heavy atom. The molecule has 1 rings (SSSR count). The fourth-order valence-electron chi connectivity index (χ4n) is 4.29. The van der Waals surface area contributed by atoms with Crippen molar-refractivity contribution in [1.82, 2.24) is 0 Å². The highest BCUT2D eigenvalue weighted by atomic mass is 16.5. The molecule has 1 aromatic rings. The van der Waals surface area contributed by atoms with Crippen LogP contribution in [0, 0.1) is 0 Å². The summed E-state index contributed by atoms with van der Waals surface area (Å²) < 4.78 is 10.5. The first kappa shape index (κ1) is 30.2. The number of benzene rings is 1. The molecule has 0 saturated heterocycles. The average molecular weight is 475 g/mol. The predicted molar refractivity (Wildman–Crippen MR) is 141 cm³/mol. The summed E-state index contributed by atoms with van der Waals surface area (Å²) >= 11 is 0. The molecule has 0 aromatic heterocycles. The van der Waals surface area contributed by atoms with Crippen LogP contribution in [0.25, 0.3) is 0 Å². The summed E-state index contributed by atoms with van der Waals surface area (Å²) in [7, 11) is 0. The Balaban J connectivity index is 1.77. The number of hydrogen-bond acceptors (Lipinski definition) is 4. The van der Waals surface area contributed by atoms with Gasteiger partial charge >= 0.3 is 11.9 Å². The largest absolute Gasteiger partial charge is 0.466 e. The third kappa shape index (κ3) is 17.6. The zero-order chi connectivity index (χ0) is 24.7. The van der Waals surface area contributed by atoms with Crippen molar-refractivity contribution in [2.45, 2.75) is 136 Å². The van der Waals surface area contributed by atoms with Crippen LogP contribution in [0.15, 0.2) is 30.3 Å². The van der Waals surface area contributed by atoms with Crippen LogP contribution >= 0.6 is 0 Å². The van der Waals surface area contributed by atoms with Gasteiger partial charge in [0, 0.05) is 12.8 Å². The minimum Gasteiger partial charge on any atom is -0.466 e. The van der Waals surface area contributed by atoms with Crippen molar-refractivity contribution in [1.29, 1.82) is 0 Å². The molecular formula is C30H50O4. The summed E-state index contributed by atoms with van der Waals surface area (Å²) in [4.78, 5) is 23.2. The molecule has 4 nitrogen and oxygen atoms in total. The number of unbranched alkanes of at least 4 members (excludes halogenated alkanes) is 15. The van der Waals surface area contributed by atoms with Gasteiger partial charge in [-0.15, -0.1) is 0 Å². The van der Waals surface area contributed by atoms with Crippen molar-refractivity contribution >= 4 is 11.9 Å². The van der Waals surface area contributed by atoms with Gasteiger partial charge in [-0.3, -0.25) is 9.59 Å². The van der Waals surface area contributed by atoms with Crippen LogP contribution in [0.4, 0.5) is 0 Å². The first-order valence-electron chi connectivity index (χ1n) is 14.0. The van der Waals surface area contributed by atoms with Crippen molar-refractivity contribution in [3.8, 4) is 0 Å². The molecule has 0 spiro atoms. The highest BCUT2D eigenvalue weighted by Crippen LogP contribution is 2.18. The van der Waals surface area contributed by atoms with Crippen molar-refractivity contribution in [2.75, 3.05) is 6.61 Å². The topological polar surface area (TPSA) is 52.6 Å². The van der Waals surface area contributed by atoms with Crippen molar-refractivity contribution in [3.05, 3.63) is 35.9 Å². The van der Waals surface area contributed by atoms with Crippen LogP contribution in [0.2, 0.25) is 0 Å². The van der Waals surface area contributed by atoms with Gasteiger partial charge in [-0.25, -0.2) is 0 Å². The van der Waals surface area contributed by atoms with Gasteiger partial charge < -0.3 is 9.47 Å². The lowest BCUT2D eigenvalue weighted by Crippen LogP contribution is -2.08. The van der Waals surface area contributed by atoms with E-state index in [1.807, 2.05) is 44.2 Å². The van der Waals surface area contributed by atoms with E-state index in [2.05, 4.69) is 0 Å². The maximum Gasteiger partial charge on any atom is 0.306 e.